The minimum absolute atomic E-state index is 0.120. The summed E-state index contributed by atoms with van der Waals surface area (Å²) >= 11 is 0. The third-order valence-electron chi connectivity index (χ3n) is 5.93. The first-order valence-electron chi connectivity index (χ1n) is 9.42. The van der Waals surface area contributed by atoms with Crippen LogP contribution in [-0.2, 0) is 20.5 Å². The molecule has 4 nitrogen and oxygen atoms in total. The average Bonchev–Trinajstić information content (AvgIpc) is 3.05. The Morgan fingerprint density at radius 1 is 1.16 bits per heavy atom. The Bertz CT molecular complexity index is 634. The van der Waals surface area contributed by atoms with Gasteiger partial charge in [-0.15, -0.1) is 0 Å². The zero-order valence-electron chi connectivity index (χ0n) is 16.1. The molecular weight excluding hydrogens is 313 g/mol. The zero-order chi connectivity index (χ0) is 18.2. The highest BCUT2D eigenvalue weighted by Crippen LogP contribution is 2.36. The van der Waals surface area contributed by atoms with Crippen LogP contribution in [0.15, 0.2) is 18.2 Å². The summed E-state index contributed by atoms with van der Waals surface area (Å²) in [7, 11) is -0.355. The molecule has 0 atom stereocenters. The van der Waals surface area contributed by atoms with E-state index in [-0.39, 0.29) is 24.2 Å². The van der Waals surface area contributed by atoms with Crippen molar-refractivity contribution in [2.24, 2.45) is 0 Å². The molecule has 1 amide bonds. The van der Waals surface area contributed by atoms with Crippen molar-refractivity contribution < 1.29 is 14.1 Å². The molecule has 1 aliphatic carbocycles. The number of rotatable bonds is 4. The summed E-state index contributed by atoms with van der Waals surface area (Å²) < 4.78 is 12.3. The summed E-state index contributed by atoms with van der Waals surface area (Å²) in [6.45, 7) is 10.3. The number of benzene rings is 1. The lowest BCUT2D eigenvalue weighted by atomic mass is 9.75. The maximum atomic E-state index is 12.2. The van der Waals surface area contributed by atoms with Crippen molar-refractivity contribution in [3.8, 4) is 0 Å². The Balaban J connectivity index is 1.66. The molecule has 1 saturated carbocycles. The molecular formula is C20H30BNO3. The third kappa shape index (κ3) is 3.93. The van der Waals surface area contributed by atoms with Crippen molar-refractivity contribution in [2.45, 2.75) is 84.0 Å². The molecule has 0 unspecified atom stereocenters. The standard InChI is InChI=1S/C20H30BNO3/c1-14-12-15(13-18(23)22-16-8-6-7-9-16)10-11-17(14)21-24-19(2,3)20(4,5)25-21/h10-12,16H,6-9,13H2,1-5H3,(H,22,23). The van der Waals surface area contributed by atoms with Crippen LogP contribution in [0.3, 0.4) is 0 Å². The van der Waals surface area contributed by atoms with Gasteiger partial charge in [0.2, 0.25) is 5.91 Å². The maximum Gasteiger partial charge on any atom is 0.495 e. The molecule has 2 fully saturated rings. The SMILES string of the molecule is Cc1cc(CC(=O)NC2CCCC2)ccc1B1OC(C)(C)C(C)(C)O1. The Morgan fingerprint density at radius 3 is 2.32 bits per heavy atom. The van der Waals surface area contributed by atoms with Crippen molar-refractivity contribution in [1.29, 1.82) is 0 Å². The fourth-order valence-electron chi connectivity index (χ4n) is 3.62. The lowest BCUT2D eigenvalue weighted by molar-refractivity contribution is -0.121. The maximum absolute atomic E-state index is 12.2. The monoisotopic (exact) mass is 343 g/mol. The summed E-state index contributed by atoms with van der Waals surface area (Å²) in [5.74, 6) is 0.120. The smallest absolute Gasteiger partial charge is 0.399 e. The summed E-state index contributed by atoms with van der Waals surface area (Å²) in [5, 5.41) is 3.15. The molecule has 0 spiro atoms. The molecule has 1 saturated heterocycles. The first-order valence-corrected chi connectivity index (χ1v) is 9.42. The van der Waals surface area contributed by atoms with Gasteiger partial charge >= 0.3 is 7.12 Å². The van der Waals surface area contributed by atoms with E-state index in [4.69, 9.17) is 9.31 Å². The van der Waals surface area contributed by atoms with Crippen molar-refractivity contribution in [3.63, 3.8) is 0 Å². The van der Waals surface area contributed by atoms with E-state index in [1.54, 1.807) is 0 Å². The quantitative estimate of drug-likeness (QED) is 0.855. The molecule has 5 heteroatoms. The Labute approximate surface area is 151 Å². The first kappa shape index (κ1) is 18.5. The number of carbonyl (C=O) groups is 1. The molecule has 1 aromatic carbocycles. The van der Waals surface area contributed by atoms with Crippen molar-refractivity contribution in [3.05, 3.63) is 29.3 Å². The number of hydrogen-bond donors (Lipinski definition) is 1. The van der Waals surface area contributed by atoms with Gasteiger partial charge in [-0.05, 0) is 58.5 Å². The van der Waals surface area contributed by atoms with Gasteiger partial charge in [0.15, 0.2) is 0 Å². The molecule has 0 aromatic heterocycles. The minimum Gasteiger partial charge on any atom is -0.399 e. The van der Waals surface area contributed by atoms with E-state index in [0.717, 1.165) is 29.4 Å². The lowest BCUT2D eigenvalue weighted by Crippen LogP contribution is -2.41. The van der Waals surface area contributed by atoms with Crippen LogP contribution in [0.1, 0.15) is 64.5 Å². The molecule has 1 aromatic rings. The van der Waals surface area contributed by atoms with E-state index in [1.807, 2.05) is 12.1 Å². The number of carbonyl (C=O) groups excluding carboxylic acids is 1. The molecule has 1 heterocycles. The normalized spacial score (nSPS) is 22.4. The van der Waals surface area contributed by atoms with E-state index >= 15 is 0 Å². The first-order chi connectivity index (χ1) is 11.7. The average molecular weight is 343 g/mol. The van der Waals surface area contributed by atoms with E-state index in [2.05, 4.69) is 46.0 Å². The van der Waals surface area contributed by atoms with Gasteiger partial charge in [-0.2, -0.15) is 0 Å². The summed E-state index contributed by atoms with van der Waals surface area (Å²) in [6, 6.07) is 6.50. The predicted octanol–water partition coefficient (Wildman–Crippen LogP) is 2.90. The van der Waals surface area contributed by atoms with Crippen LogP contribution in [-0.4, -0.2) is 30.3 Å². The number of nitrogens with one attached hydrogen (secondary N) is 1. The number of hydrogen-bond acceptors (Lipinski definition) is 3. The summed E-state index contributed by atoms with van der Waals surface area (Å²) in [4.78, 5) is 12.2. The Hall–Kier alpha value is -1.33. The fourth-order valence-corrected chi connectivity index (χ4v) is 3.62. The third-order valence-corrected chi connectivity index (χ3v) is 5.93. The van der Waals surface area contributed by atoms with Gasteiger partial charge in [0.05, 0.1) is 17.6 Å². The van der Waals surface area contributed by atoms with Gasteiger partial charge in [-0.25, -0.2) is 0 Å². The highest BCUT2D eigenvalue weighted by Gasteiger charge is 2.52. The zero-order valence-corrected chi connectivity index (χ0v) is 16.1. The largest absolute Gasteiger partial charge is 0.495 e. The van der Waals surface area contributed by atoms with E-state index in [0.29, 0.717) is 12.5 Å². The second-order valence-corrected chi connectivity index (χ2v) is 8.50. The van der Waals surface area contributed by atoms with Gasteiger partial charge in [0.1, 0.15) is 0 Å². The molecule has 136 valence electrons. The molecule has 3 rings (SSSR count). The molecule has 1 aliphatic heterocycles. The summed E-state index contributed by atoms with van der Waals surface area (Å²) in [6.07, 6.45) is 5.12. The number of amides is 1. The molecule has 0 radical (unpaired) electrons. The van der Waals surface area contributed by atoms with Gasteiger partial charge in [0.25, 0.3) is 0 Å². The Morgan fingerprint density at radius 2 is 1.76 bits per heavy atom. The van der Waals surface area contributed by atoms with Crippen LogP contribution in [0.25, 0.3) is 0 Å². The molecule has 25 heavy (non-hydrogen) atoms. The second-order valence-electron chi connectivity index (χ2n) is 8.50. The fraction of sp³-hybridized carbons (Fsp3) is 0.650. The minimum atomic E-state index is -0.355. The summed E-state index contributed by atoms with van der Waals surface area (Å²) in [5.41, 5.74) is 2.49. The Kier molecular flexibility index (Phi) is 5.00. The van der Waals surface area contributed by atoms with Crippen molar-refractivity contribution in [2.75, 3.05) is 0 Å². The molecule has 2 aliphatic rings. The van der Waals surface area contributed by atoms with Gasteiger partial charge in [-0.3, -0.25) is 4.79 Å². The number of aryl methyl sites for hydroxylation is 1. The van der Waals surface area contributed by atoms with Crippen LogP contribution >= 0.6 is 0 Å². The van der Waals surface area contributed by atoms with Gasteiger partial charge < -0.3 is 14.6 Å². The van der Waals surface area contributed by atoms with Crippen LogP contribution in [0.5, 0.6) is 0 Å². The molecule has 1 N–H and O–H groups in total. The lowest BCUT2D eigenvalue weighted by Gasteiger charge is -2.32. The van der Waals surface area contributed by atoms with Crippen molar-refractivity contribution >= 4 is 18.5 Å². The highest BCUT2D eigenvalue weighted by molar-refractivity contribution is 6.62. The predicted molar refractivity (Wildman–Crippen MR) is 101 cm³/mol. The van der Waals surface area contributed by atoms with Crippen LogP contribution in [0, 0.1) is 6.92 Å². The van der Waals surface area contributed by atoms with Crippen LogP contribution < -0.4 is 10.8 Å². The van der Waals surface area contributed by atoms with Crippen LogP contribution in [0.4, 0.5) is 0 Å². The van der Waals surface area contributed by atoms with Crippen molar-refractivity contribution in [1.82, 2.24) is 5.32 Å². The highest BCUT2D eigenvalue weighted by atomic mass is 16.7. The van der Waals surface area contributed by atoms with Gasteiger partial charge in [0, 0.05) is 6.04 Å². The van der Waals surface area contributed by atoms with Gasteiger partial charge in [-0.1, -0.05) is 36.6 Å². The van der Waals surface area contributed by atoms with E-state index in [9.17, 15) is 4.79 Å². The second kappa shape index (κ2) is 6.77. The van der Waals surface area contributed by atoms with E-state index in [1.165, 1.54) is 12.8 Å². The van der Waals surface area contributed by atoms with Crippen LogP contribution in [0.2, 0.25) is 0 Å². The topological polar surface area (TPSA) is 47.6 Å². The van der Waals surface area contributed by atoms with E-state index < -0.39 is 0 Å². The molecule has 0 bridgehead atoms.